The Balaban J connectivity index is 1.81. The lowest BCUT2D eigenvalue weighted by atomic mass is 10.2. The first-order valence-electron chi connectivity index (χ1n) is 6.50. The maximum absolute atomic E-state index is 12.2. The highest BCUT2D eigenvalue weighted by Gasteiger charge is 2.37. The number of alkyl halides is 1. The molecule has 3 rings (SSSR count). The molecule has 2 heterocycles. The predicted molar refractivity (Wildman–Crippen MR) is 80.5 cm³/mol. The van der Waals surface area contributed by atoms with Gasteiger partial charge in [-0.3, -0.25) is 4.79 Å². The number of nitrogens with one attached hydrogen (secondary N) is 1. The summed E-state index contributed by atoms with van der Waals surface area (Å²) in [5, 5.41) is 2.86. The van der Waals surface area contributed by atoms with Crippen LogP contribution in [-0.4, -0.2) is 37.2 Å². The number of furan rings is 1. The predicted octanol–water partition coefficient (Wildman–Crippen LogP) is 1.88. The number of halogens is 1. The summed E-state index contributed by atoms with van der Waals surface area (Å²) in [5.41, 5.74) is 1.69. The van der Waals surface area contributed by atoms with Crippen molar-refractivity contribution < 1.29 is 17.6 Å². The van der Waals surface area contributed by atoms with Crippen molar-refractivity contribution in [3.05, 3.63) is 35.6 Å². The van der Waals surface area contributed by atoms with Crippen molar-refractivity contribution in [3.8, 4) is 0 Å². The molecule has 1 aromatic carbocycles. The normalized spacial score (nSPS) is 24.3. The third-order valence-corrected chi connectivity index (χ3v) is 5.87. The van der Waals surface area contributed by atoms with Gasteiger partial charge in [-0.1, -0.05) is 11.6 Å². The number of aryl methyl sites for hydroxylation is 1. The number of carbonyl (C=O) groups excluding carboxylic acids is 1. The molecule has 1 fully saturated rings. The van der Waals surface area contributed by atoms with Crippen LogP contribution in [0.4, 0.5) is 0 Å². The van der Waals surface area contributed by atoms with Crippen LogP contribution in [0.25, 0.3) is 11.0 Å². The van der Waals surface area contributed by atoms with Crippen LogP contribution in [0.5, 0.6) is 0 Å². The number of hydrogen-bond acceptors (Lipinski definition) is 4. The monoisotopic (exact) mass is 327 g/mol. The van der Waals surface area contributed by atoms with E-state index in [0.29, 0.717) is 5.58 Å². The largest absolute Gasteiger partial charge is 0.451 e. The molecule has 1 saturated heterocycles. The number of fused-ring (bicyclic) bond motifs is 1. The fourth-order valence-corrected chi connectivity index (χ4v) is 5.00. The van der Waals surface area contributed by atoms with E-state index in [1.165, 1.54) is 0 Å². The van der Waals surface area contributed by atoms with Gasteiger partial charge in [-0.15, -0.1) is 11.6 Å². The molecule has 1 aliphatic heterocycles. The topological polar surface area (TPSA) is 76.4 Å². The Morgan fingerprint density at radius 2 is 2.10 bits per heavy atom. The molecule has 1 amide bonds. The van der Waals surface area contributed by atoms with Crippen LogP contribution >= 0.6 is 11.6 Å². The zero-order valence-corrected chi connectivity index (χ0v) is 12.9. The Hall–Kier alpha value is -1.53. The van der Waals surface area contributed by atoms with E-state index in [9.17, 15) is 13.2 Å². The molecule has 112 valence electrons. The lowest BCUT2D eigenvalue weighted by Gasteiger charge is -2.12. The van der Waals surface area contributed by atoms with Gasteiger partial charge in [0.05, 0.1) is 22.9 Å². The summed E-state index contributed by atoms with van der Waals surface area (Å²) in [5.74, 6) is -0.536. The van der Waals surface area contributed by atoms with E-state index in [1.807, 2.05) is 19.1 Å². The van der Waals surface area contributed by atoms with E-state index >= 15 is 0 Å². The van der Waals surface area contributed by atoms with Crippen LogP contribution in [0.15, 0.2) is 28.7 Å². The van der Waals surface area contributed by atoms with Gasteiger partial charge in [-0.05, 0) is 25.1 Å². The number of carbonyl (C=O) groups is 1. The number of hydrogen-bond donors (Lipinski definition) is 1. The summed E-state index contributed by atoms with van der Waals surface area (Å²) in [4.78, 5) is 12.2. The third kappa shape index (κ3) is 2.91. The van der Waals surface area contributed by atoms with E-state index in [0.717, 1.165) is 10.9 Å². The molecule has 5 nitrogen and oxygen atoms in total. The molecule has 2 unspecified atom stereocenters. The summed E-state index contributed by atoms with van der Waals surface area (Å²) >= 11 is 5.97. The summed E-state index contributed by atoms with van der Waals surface area (Å²) in [7, 11) is -3.18. The van der Waals surface area contributed by atoms with Crippen LogP contribution in [0.3, 0.4) is 0 Å². The van der Waals surface area contributed by atoms with Gasteiger partial charge in [0.25, 0.3) is 5.91 Å². The first-order chi connectivity index (χ1) is 9.84. The Morgan fingerprint density at radius 1 is 1.33 bits per heavy atom. The fraction of sp³-hybridized carbons (Fsp3) is 0.357. The first kappa shape index (κ1) is 14.4. The van der Waals surface area contributed by atoms with Crippen LogP contribution in [-0.2, 0) is 9.84 Å². The molecule has 0 spiro atoms. The zero-order valence-electron chi connectivity index (χ0n) is 11.3. The highest BCUT2D eigenvalue weighted by atomic mass is 35.5. The minimum atomic E-state index is -3.18. The van der Waals surface area contributed by atoms with E-state index in [4.69, 9.17) is 16.0 Å². The van der Waals surface area contributed by atoms with Gasteiger partial charge in [0.15, 0.2) is 15.6 Å². The summed E-state index contributed by atoms with van der Waals surface area (Å²) < 4.78 is 28.5. The van der Waals surface area contributed by atoms with Gasteiger partial charge in [0, 0.05) is 5.39 Å². The second-order valence-electron chi connectivity index (χ2n) is 5.32. The second-order valence-corrected chi connectivity index (χ2v) is 8.04. The molecule has 1 N–H and O–H groups in total. The van der Waals surface area contributed by atoms with Gasteiger partial charge in [-0.25, -0.2) is 8.42 Å². The van der Waals surface area contributed by atoms with Crippen LogP contribution in [0.1, 0.15) is 16.1 Å². The average Bonchev–Trinajstić information content (AvgIpc) is 2.89. The van der Waals surface area contributed by atoms with Crippen molar-refractivity contribution in [3.63, 3.8) is 0 Å². The Labute approximate surface area is 127 Å². The van der Waals surface area contributed by atoms with Crippen molar-refractivity contribution in [1.82, 2.24) is 5.32 Å². The van der Waals surface area contributed by atoms with Crippen molar-refractivity contribution in [1.29, 1.82) is 0 Å². The smallest absolute Gasteiger partial charge is 0.287 e. The minimum Gasteiger partial charge on any atom is -0.451 e. The fourth-order valence-electron chi connectivity index (χ4n) is 2.45. The molecule has 0 saturated carbocycles. The maximum atomic E-state index is 12.2. The molecule has 7 heteroatoms. The van der Waals surface area contributed by atoms with E-state index in [-0.39, 0.29) is 17.3 Å². The van der Waals surface area contributed by atoms with Crippen LogP contribution in [0.2, 0.25) is 0 Å². The average molecular weight is 328 g/mol. The molecule has 0 radical (unpaired) electrons. The minimum absolute atomic E-state index is 0.112. The Kier molecular flexibility index (Phi) is 3.45. The number of rotatable bonds is 2. The number of benzene rings is 1. The molecular weight excluding hydrogens is 314 g/mol. The van der Waals surface area contributed by atoms with Crippen molar-refractivity contribution in [2.75, 3.05) is 11.5 Å². The van der Waals surface area contributed by atoms with Gasteiger partial charge >= 0.3 is 0 Å². The van der Waals surface area contributed by atoms with Gasteiger partial charge in [-0.2, -0.15) is 0 Å². The van der Waals surface area contributed by atoms with Crippen LogP contribution < -0.4 is 5.32 Å². The SMILES string of the molecule is Cc1ccc2oc(C(=O)NC3CS(=O)(=O)CC3Cl)cc2c1. The van der Waals surface area contributed by atoms with Gasteiger partial charge in [0.1, 0.15) is 5.58 Å². The molecule has 2 atom stereocenters. The van der Waals surface area contributed by atoms with Crippen LogP contribution in [0, 0.1) is 6.92 Å². The zero-order chi connectivity index (χ0) is 15.2. The van der Waals surface area contributed by atoms with Crippen molar-refractivity contribution >= 4 is 38.3 Å². The summed E-state index contributed by atoms with van der Waals surface area (Å²) in [6.07, 6.45) is 0. The number of amides is 1. The molecule has 2 aromatic rings. The Bertz CT molecular complexity index is 811. The maximum Gasteiger partial charge on any atom is 0.287 e. The number of sulfone groups is 1. The van der Waals surface area contributed by atoms with Crippen molar-refractivity contribution in [2.45, 2.75) is 18.3 Å². The molecular formula is C14H14ClNO4S. The quantitative estimate of drug-likeness (QED) is 0.854. The molecule has 0 bridgehead atoms. The molecule has 21 heavy (non-hydrogen) atoms. The Morgan fingerprint density at radius 3 is 2.76 bits per heavy atom. The second kappa shape index (κ2) is 5.03. The van der Waals surface area contributed by atoms with E-state index in [2.05, 4.69) is 5.32 Å². The van der Waals surface area contributed by atoms with Gasteiger partial charge < -0.3 is 9.73 Å². The molecule has 0 aliphatic carbocycles. The summed E-state index contributed by atoms with van der Waals surface area (Å²) in [6, 6.07) is 6.67. The lowest BCUT2D eigenvalue weighted by molar-refractivity contribution is 0.0916. The highest BCUT2D eigenvalue weighted by Crippen LogP contribution is 2.22. The highest BCUT2D eigenvalue weighted by molar-refractivity contribution is 7.91. The standard InChI is InChI=1S/C14H14ClNO4S/c1-8-2-3-12-9(4-8)5-13(20-12)14(17)16-11-7-21(18,19)6-10(11)15/h2-5,10-11H,6-7H2,1H3,(H,16,17). The summed E-state index contributed by atoms with van der Waals surface area (Å²) in [6.45, 7) is 1.95. The third-order valence-electron chi connectivity index (χ3n) is 3.50. The molecule has 1 aromatic heterocycles. The van der Waals surface area contributed by atoms with Crippen molar-refractivity contribution in [2.24, 2.45) is 0 Å². The van der Waals surface area contributed by atoms with E-state index in [1.54, 1.807) is 12.1 Å². The molecule has 1 aliphatic rings. The lowest BCUT2D eigenvalue weighted by Crippen LogP contribution is -2.40. The van der Waals surface area contributed by atoms with Gasteiger partial charge in [0.2, 0.25) is 0 Å². The van der Waals surface area contributed by atoms with E-state index < -0.39 is 27.2 Å². The first-order valence-corrected chi connectivity index (χ1v) is 8.75.